The standard InChI is InChI=1S/C9H19NO2/c1-6(2)12-8-5-7(10-3)9(8)11-4/h6-10H,5H2,1-4H3. The number of hydrogen-bond donors (Lipinski definition) is 1. The highest BCUT2D eigenvalue weighted by atomic mass is 16.5. The average Bonchev–Trinajstić information content (AvgIpc) is 1.97. The number of likely N-dealkylation sites (N-methyl/N-ethyl adjacent to an activating group) is 1. The van der Waals surface area contributed by atoms with E-state index in [1.807, 2.05) is 7.05 Å². The van der Waals surface area contributed by atoms with Gasteiger partial charge in [-0.05, 0) is 27.3 Å². The van der Waals surface area contributed by atoms with E-state index < -0.39 is 0 Å². The van der Waals surface area contributed by atoms with E-state index in [-0.39, 0.29) is 12.2 Å². The lowest BCUT2D eigenvalue weighted by atomic mass is 9.85. The Balaban J connectivity index is 2.30. The molecule has 12 heavy (non-hydrogen) atoms. The summed E-state index contributed by atoms with van der Waals surface area (Å²) in [7, 11) is 3.70. The van der Waals surface area contributed by atoms with Crippen LogP contribution in [0, 0.1) is 0 Å². The summed E-state index contributed by atoms with van der Waals surface area (Å²) in [6.07, 6.45) is 1.88. The molecule has 3 nitrogen and oxygen atoms in total. The molecule has 0 bridgehead atoms. The zero-order valence-corrected chi connectivity index (χ0v) is 8.33. The van der Waals surface area contributed by atoms with Crippen LogP contribution >= 0.6 is 0 Å². The van der Waals surface area contributed by atoms with Crippen molar-refractivity contribution in [2.45, 2.75) is 44.6 Å². The Morgan fingerprint density at radius 2 is 2.08 bits per heavy atom. The van der Waals surface area contributed by atoms with Gasteiger partial charge in [-0.15, -0.1) is 0 Å². The van der Waals surface area contributed by atoms with Crippen LogP contribution in [0.25, 0.3) is 0 Å². The molecule has 0 amide bonds. The van der Waals surface area contributed by atoms with E-state index in [1.54, 1.807) is 7.11 Å². The lowest BCUT2D eigenvalue weighted by molar-refractivity contribution is -0.148. The van der Waals surface area contributed by atoms with Gasteiger partial charge >= 0.3 is 0 Å². The van der Waals surface area contributed by atoms with Crippen molar-refractivity contribution in [3.8, 4) is 0 Å². The Kier molecular flexibility index (Phi) is 3.50. The monoisotopic (exact) mass is 173 g/mol. The molecule has 0 spiro atoms. The van der Waals surface area contributed by atoms with E-state index in [0.717, 1.165) is 6.42 Å². The highest BCUT2D eigenvalue weighted by Gasteiger charge is 2.41. The van der Waals surface area contributed by atoms with Gasteiger partial charge in [-0.1, -0.05) is 0 Å². The van der Waals surface area contributed by atoms with E-state index >= 15 is 0 Å². The molecule has 3 heteroatoms. The van der Waals surface area contributed by atoms with Crippen LogP contribution in [0.3, 0.4) is 0 Å². The third-order valence-electron chi connectivity index (χ3n) is 2.34. The first-order valence-electron chi connectivity index (χ1n) is 4.54. The Morgan fingerprint density at radius 1 is 1.42 bits per heavy atom. The molecule has 3 atom stereocenters. The molecule has 1 N–H and O–H groups in total. The van der Waals surface area contributed by atoms with Crippen molar-refractivity contribution < 1.29 is 9.47 Å². The van der Waals surface area contributed by atoms with Gasteiger partial charge < -0.3 is 14.8 Å². The molecule has 1 saturated carbocycles. The van der Waals surface area contributed by atoms with Crippen molar-refractivity contribution in [2.75, 3.05) is 14.2 Å². The molecule has 0 aromatic heterocycles. The maximum absolute atomic E-state index is 5.66. The third kappa shape index (κ3) is 1.97. The van der Waals surface area contributed by atoms with Crippen molar-refractivity contribution in [1.82, 2.24) is 5.32 Å². The summed E-state index contributed by atoms with van der Waals surface area (Å²) in [5.41, 5.74) is 0. The molecular weight excluding hydrogens is 154 g/mol. The zero-order chi connectivity index (χ0) is 9.14. The Hall–Kier alpha value is -0.120. The normalized spacial score (nSPS) is 35.2. The van der Waals surface area contributed by atoms with Gasteiger partial charge in [0.25, 0.3) is 0 Å². The Morgan fingerprint density at radius 3 is 2.50 bits per heavy atom. The van der Waals surface area contributed by atoms with E-state index in [0.29, 0.717) is 12.1 Å². The fourth-order valence-corrected chi connectivity index (χ4v) is 1.66. The van der Waals surface area contributed by atoms with Crippen LogP contribution in [0.2, 0.25) is 0 Å². The van der Waals surface area contributed by atoms with Gasteiger partial charge in [0.05, 0.1) is 18.3 Å². The second-order valence-electron chi connectivity index (χ2n) is 3.55. The predicted octanol–water partition coefficient (Wildman–Crippen LogP) is 0.787. The molecule has 72 valence electrons. The molecule has 1 fully saturated rings. The number of nitrogens with one attached hydrogen (secondary N) is 1. The first-order valence-corrected chi connectivity index (χ1v) is 4.54. The lowest BCUT2D eigenvalue weighted by Gasteiger charge is -2.43. The maximum atomic E-state index is 5.66. The molecule has 0 aliphatic heterocycles. The summed E-state index contributed by atoms with van der Waals surface area (Å²) in [6, 6.07) is 0.471. The Labute approximate surface area is 74.4 Å². The molecule has 1 aliphatic carbocycles. The zero-order valence-electron chi connectivity index (χ0n) is 8.33. The third-order valence-corrected chi connectivity index (χ3v) is 2.34. The summed E-state index contributed by atoms with van der Waals surface area (Å²) in [4.78, 5) is 0. The van der Waals surface area contributed by atoms with Crippen LogP contribution in [0.1, 0.15) is 20.3 Å². The molecule has 0 aromatic rings. The minimum atomic E-state index is 0.234. The topological polar surface area (TPSA) is 30.5 Å². The number of hydrogen-bond acceptors (Lipinski definition) is 3. The summed E-state index contributed by atoms with van der Waals surface area (Å²) in [6.45, 7) is 4.11. The van der Waals surface area contributed by atoms with Crippen LogP contribution in [0.5, 0.6) is 0 Å². The minimum Gasteiger partial charge on any atom is -0.377 e. The Bertz CT molecular complexity index is 138. The van der Waals surface area contributed by atoms with Gasteiger partial charge in [0.2, 0.25) is 0 Å². The van der Waals surface area contributed by atoms with Crippen LogP contribution in [0.15, 0.2) is 0 Å². The maximum Gasteiger partial charge on any atom is 0.0986 e. The molecule has 1 rings (SSSR count). The molecular formula is C9H19NO2. The van der Waals surface area contributed by atoms with Crippen molar-refractivity contribution >= 4 is 0 Å². The minimum absolute atomic E-state index is 0.234. The fraction of sp³-hybridized carbons (Fsp3) is 1.00. The van der Waals surface area contributed by atoms with Gasteiger partial charge in [-0.2, -0.15) is 0 Å². The van der Waals surface area contributed by atoms with Crippen molar-refractivity contribution in [3.05, 3.63) is 0 Å². The van der Waals surface area contributed by atoms with Crippen LogP contribution in [-0.2, 0) is 9.47 Å². The highest BCUT2D eigenvalue weighted by molar-refractivity contribution is 4.96. The molecule has 0 radical (unpaired) electrons. The molecule has 0 heterocycles. The summed E-state index contributed by atoms with van der Waals surface area (Å²) in [5, 5.41) is 3.20. The van der Waals surface area contributed by atoms with E-state index in [9.17, 15) is 0 Å². The van der Waals surface area contributed by atoms with Crippen LogP contribution in [-0.4, -0.2) is 38.5 Å². The average molecular weight is 173 g/mol. The first kappa shape index (κ1) is 9.96. The lowest BCUT2D eigenvalue weighted by Crippen LogP contribution is -2.59. The summed E-state index contributed by atoms with van der Waals surface area (Å²) >= 11 is 0. The molecule has 0 aromatic carbocycles. The van der Waals surface area contributed by atoms with Crippen molar-refractivity contribution in [3.63, 3.8) is 0 Å². The van der Waals surface area contributed by atoms with Crippen LogP contribution in [0.4, 0.5) is 0 Å². The number of rotatable bonds is 4. The second-order valence-corrected chi connectivity index (χ2v) is 3.55. The van der Waals surface area contributed by atoms with Gasteiger partial charge in [0, 0.05) is 13.2 Å². The molecule has 1 aliphatic rings. The van der Waals surface area contributed by atoms with Gasteiger partial charge in [-0.3, -0.25) is 0 Å². The van der Waals surface area contributed by atoms with Crippen molar-refractivity contribution in [2.24, 2.45) is 0 Å². The fourth-order valence-electron chi connectivity index (χ4n) is 1.66. The van der Waals surface area contributed by atoms with E-state index in [1.165, 1.54) is 0 Å². The molecule has 0 saturated heterocycles. The smallest absolute Gasteiger partial charge is 0.0986 e. The van der Waals surface area contributed by atoms with Gasteiger partial charge in [0.15, 0.2) is 0 Å². The number of ether oxygens (including phenoxy) is 2. The summed E-state index contributed by atoms with van der Waals surface area (Å²) < 4.78 is 11.0. The van der Waals surface area contributed by atoms with Gasteiger partial charge in [0.1, 0.15) is 0 Å². The first-order chi connectivity index (χ1) is 5.69. The number of methoxy groups -OCH3 is 1. The molecule has 3 unspecified atom stereocenters. The van der Waals surface area contributed by atoms with Gasteiger partial charge in [-0.25, -0.2) is 0 Å². The van der Waals surface area contributed by atoms with E-state index in [4.69, 9.17) is 9.47 Å². The van der Waals surface area contributed by atoms with E-state index in [2.05, 4.69) is 19.2 Å². The quantitative estimate of drug-likeness (QED) is 0.681. The largest absolute Gasteiger partial charge is 0.377 e. The highest BCUT2D eigenvalue weighted by Crippen LogP contribution is 2.27. The predicted molar refractivity (Wildman–Crippen MR) is 48.3 cm³/mol. The van der Waals surface area contributed by atoms with Crippen LogP contribution < -0.4 is 5.32 Å². The van der Waals surface area contributed by atoms with Crippen molar-refractivity contribution in [1.29, 1.82) is 0 Å². The SMILES string of the molecule is CNC1CC(OC(C)C)C1OC. The second kappa shape index (κ2) is 4.21. The summed E-state index contributed by atoms with van der Waals surface area (Å²) in [5.74, 6) is 0.